The molecule has 0 aliphatic heterocycles. The van der Waals surface area contributed by atoms with Gasteiger partial charge >= 0.3 is 5.97 Å². The van der Waals surface area contributed by atoms with E-state index < -0.39 is 11.4 Å². The first-order chi connectivity index (χ1) is 12.8. The Labute approximate surface area is 167 Å². The van der Waals surface area contributed by atoms with Gasteiger partial charge in [0.15, 0.2) is 0 Å². The number of benzene rings is 2. The van der Waals surface area contributed by atoms with Crippen LogP contribution in [-0.2, 0) is 13.0 Å². The first kappa shape index (κ1) is 19.5. The van der Waals surface area contributed by atoms with Gasteiger partial charge in [-0.25, -0.2) is 4.79 Å². The maximum atomic E-state index is 12.7. The normalized spacial score (nSPS) is 11.3. The Morgan fingerprint density at radius 3 is 2.59 bits per heavy atom. The fourth-order valence-corrected chi connectivity index (χ4v) is 3.54. The van der Waals surface area contributed by atoms with Gasteiger partial charge in [0, 0.05) is 18.1 Å². The van der Waals surface area contributed by atoms with Crippen molar-refractivity contribution in [1.29, 1.82) is 0 Å². The van der Waals surface area contributed by atoms with Crippen LogP contribution in [0.1, 0.15) is 35.3 Å². The van der Waals surface area contributed by atoms with Crippen LogP contribution in [-0.4, -0.2) is 15.6 Å². The minimum absolute atomic E-state index is 0.221. The van der Waals surface area contributed by atoms with E-state index in [-0.39, 0.29) is 5.56 Å². The Bertz CT molecular complexity index is 1090. The molecule has 3 rings (SSSR count). The van der Waals surface area contributed by atoms with Gasteiger partial charge in [-0.2, -0.15) is 0 Å². The maximum Gasteiger partial charge on any atom is 0.341 e. The van der Waals surface area contributed by atoms with Gasteiger partial charge in [0.05, 0.1) is 15.6 Å². The zero-order valence-electron chi connectivity index (χ0n) is 15.0. The number of aromatic carboxylic acids is 1. The van der Waals surface area contributed by atoms with Gasteiger partial charge in [0.25, 0.3) is 0 Å². The molecule has 1 heterocycles. The highest BCUT2D eigenvalue weighted by Crippen LogP contribution is 2.28. The molecular weight excluding hydrogens is 385 g/mol. The maximum absolute atomic E-state index is 12.7. The highest BCUT2D eigenvalue weighted by atomic mass is 35.5. The molecule has 1 N–H and O–H groups in total. The van der Waals surface area contributed by atoms with Gasteiger partial charge in [-0.15, -0.1) is 0 Å². The first-order valence-corrected chi connectivity index (χ1v) is 9.35. The lowest BCUT2D eigenvalue weighted by Gasteiger charge is -2.15. The number of carboxylic acids is 1. The number of rotatable bonds is 5. The van der Waals surface area contributed by atoms with Crippen LogP contribution in [0.15, 0.2) is 47.4 Å². The topological polar surface area (TPSA) is 59.3 Å². The SMILES string of the molecule is CC(C)Cn1cc(C(=O)O)c(=O)c2cc(Cc3cccc(Cl)c3Cl)ccc21. The third kappa shape index (κ3) is 4.02. The van der Waals surface area contributed by atoms with Crippen LogP contribution < -0.4 is 5.43 Å². The van der Waals surface area contributed by atoms with Crippen LogP contribution in [0.2, 0.25) is 10.0 Å². The predicted octanol–water partition coefficient (Wildman–Crippen LogP) is 5.25. The van der Waals surface area contributed by atoms with E-state index in [1.807, 2.05) is 42.7 Å². The number of halogens is 2. The highest BCUT2D eigenvalue weighted by molar-refractivity contribution is 6.42. The Morgan fingerprint density at radius 2 is 1.93 bits per heavy atom. The molecule has 0 unspecified atom stereocenters. The molecule has 0 aliphatic rings. The quantitative estimate of drug-likeness (QED) is 0.632. The second-order valence-electron chi connectivity index (χ2n) is 6.96. The number of aromatic nitrogens is 1. The lowest BCUT2D eigenvalue weighted by molar-refractivity contribution is 0.0694. The summed E-state index contributed by atoms with van der Waals surface area (Å²) in [6.07, 6.45) is 1.93. The summed E-state index contributed by atoms with van der Waals surface area (Å²) in [4.78, 5) is 24.2. The fourth-order valence-electron chi connectivity index (χ4n) is 3.16. The van der Waals surface area contributed by atoms with Crippen molar-refractivity contribution >= 4 is 40.1 Å². The van der Waals surface area contributed by atoms with Gasteiger partial charge in [-0.1, -0.05) is 55.2 Å². The monoisotopic (exact) mass is 403 g/mol. The number of fused-ring (bicyclic) bond motifs is 1. The summed E-state index contributed by atoms with van der Waals surface area (Å²) in [6, 6.07) is 11.0. The average molecular weight is 404 g/mol. The molecule has 1 aromatic heterocycles. The molecule has 27 heavy (non-hydrogen) atoms. The largest absolute Gasteiger partial charge is 0.477 e. The number of hydrogen-bond acceptors (Lipinski definition) is 2. The molecule has 0 spiro atoms. The van der Waals surface area contributed by atoms with E-state index in [2.05, 4.69) is 0 Å². The molecule has 2 aromatic carbocycles. The van der Waals surface area contributed by atoms with Gasteiger partial charge in [0.2, 0.25) is 5.43 Å². The lowest BCUT2D eigenvalue weighted by atomic mass is 10.0. The van der Waals surface area contributed by atoms with Crippen LogP contribution in [0.25, 0.3) is 10.9 Å². The molecule has 3 aromatic rings. The number of pyridine rings is 1. The van der Waals surface area contributed by atoms with Gasteiger partial charge in [0.1, 0.15) is 5.56 Å². The van der Waals surface area contributed by atoms with Crippen LogP contribution in [0.5, 0.6) is 0 Å². The summed E-state index contributed by atoms with van der Waals surface area (Å²) < 4.78 is 1.83. The van der Waals surface area contributed by atoms with Crippen LogP contribution >= 0.6 is 23.2 Å². The summed E-state index contributed by atoms with van der Waals surface area (Å²) in [5.74, 6) is -0.912. The van der Waals surface area contributed by atoms with Gasteiger partial charge in [-0.3, -0.25) is 4.79 Å². The average Bonchev–Trinajstić information content (AvgIpc) is 2.61. The van der Waals surface area contributed by atoms with Crippen molar-refractivity contribution in [3.05, 3.63) is 79.6 Å². The Hall–Kier alpha value is -2.30. The van der Waals surface area contributed by atoms with E-state index in [4.69, 9.17) is 23.2 Å². The number of carboxylic acid groups (broad SMARTS) is 1. The Kier molecular flexibility index (Phi) is 5.59. The molecule has 0 aliphatic carbocycles. The molecule has 0 bridgehead atoms. The smallest absolute Gasteiger partial charge is 0.341 e. The Balaban J connectivity index is 2.15. The van der Waals surface area contributed by atoms with Crippen molar-refractivity contribution in [3.8, 4) is 0 Å². The third-order valence-corrected chi connectivity index (χ3v) is 5.22. The Morgan fingerprint density at radius 1 is 1.19 bits per heavy atom. The summed E-state index contributed by atoms with van der Waals surface area (Å²) in [7, 11) is 0. The molecular formula is C21H19Cl2NO3. The van der Waals surface area contributed by atoms with E-state index in [1.165, 1.54) is 6.20 Å². The zero-order valence-corrected chi connectivity index (χ0v) is 16.5. The van der Waals surface area contributed by atoms with Crippen LogP contribution in [0, 0.1) is 5.92 Å². The van der Waals surface area contributed by atoms with Gasteiger partial charge in [-0.05, 0) is 41.7 Å². The van der Waals surface area contributed by atoms with E-state index in [9.17, 15) is 14.7 Å². The number of hydrogen-bond donors (Lipinski definition) is 1. The first-order valence-electron chi connectivity index (χ1n) is 8.60. The zero-order chi connectivity index (χ0) is 19.7. The molecule has 0 saturated carbocycles. The van der Waals surface area contributed by atoms with E-state index in [0.29, 0.717) is 34.3 Å². The third-order valence-electron chi connectivity index (χ3n) is 4.36. The second kappa shape index (κ2) is 7.75. The number of nitrogens with zero attached hydrogens (tertiary/aromatic N) is 1. The van der Waals surface area contributed by atoms with Crippen molar-refractivity contribution in [2.24, 2.45) is 5.92 Å². The lowest BCUT2D eigenvalue weighted by Crippen LogP contribution is -2.20. The highest BCUT2D eigenvalue weighted by Gasteiger charge is 2.16. The molecule has 0 amide bonds. The van der Waals surface area contributed by atoms with Crippen molar-refractivity contribution in [3.63, 3.8) is 0 Å². The minimum Gasteiger partial charge on any atom is -0.477 e. The van der Waals surface area contributed by atoms with Crippen molar-refractivity contribution < 1.29 is 9.90 Å². The summed E-state index contributed by atoms with van der Waals surface area (Å²) in [6.45, 7) is 4.70. The molecule has 6 heteroatoms. The molecule has 0 atom stereocenters. The molecule has 140 valence electrons. The summed E-state index contributed by atoms with van der Waals surface area (Å²) in [5, 5.41) is 10.8. The van der Waals surface area contributed by atoms with E-state index >= 15 is 0 Å². The molecule has 4 nitrogen and oxygen atoms in total. The fraction of sp³-hybridized carbons (Fsp3) is 0.238. The minimum atomic E-state index is -1.22. The van der Waals surface area contributed by atoms with Crippen molar-refractivity contribution in [1.82, 2.24) is 4.57 Å². The van der Waals surface area contributed by atoms with Crippen LogP contribution in [0.3, 0.4) is 0 Å². The predicted molar refractivity (Wildman–Crippen MR) is 109 cm³/mol. The van der Waals surface area contributed by atoms with E-state index in [1.54, 1.807) is 12.1 Å². The van der Waals surface area contributed by atoms with Gasteiger partial charge < -0.3 is 9.67 Å². The van der Waals surface area contributed by atoms with E-state index in [0.717, 1.165) is 16.6 Å². The van der Waals surface area contributed by atoms with Crippen molar-refractivity contribution in [2.75, 3.05) is 0 Å². The molecule has 0 radical (unpaired) electrons. The number of carbonyl (C=O) groups is 1. The van der Waals surface area contributed by atoms with Crippen molar-refractivity contribution in [2.45, 2.75) is 26.8 Å². The summed E-state index contributed by atoms with van der Waals surface area (Å²) >= 11 is 12.3. The van der Waals surface area contributed by atoms with Crippen LogP contribution in [0.4, 0.5) is 0 Å². The standard InChI is InChI=1S/C21H19Cl2NO3/c1-12(2)10-24-11-16(21(26)27)20(25)15-9-13(6-7-18(15)24)8-14-4-3-5-17(22)19(14)23/h3-7,9,11-12H,8,10H2,1-2H3,(H,26,27). The summed E-state index contributed by atoms with van der Waals surface area (Å²) in [5.41, 5.74) is 1.74. The second-order valence-corrected chi connectivity index (χ2v) is 7.75. The molecule has 0 saturated heterocycles. The molecule has 0 fully saturated rings.